The molecule has 0 N–H and O–H groups in total. The Kier molecular flexibility index (Phi) is 5.26. The molecule has 1 aliphatic rings. The molecule has 0 bridgehead atoms. The fourth-order valence-corrected chi connectivity index (χ4v) is 3.73. The fourth-order valence-electron chi connectivity index (χ4n) is 2.76. The standard InChI is InChI=1S/C21H15N3O4S/c25-20-18(13-17-11-12-19(28-17)24(26)27)29-21(22-16-9-5-2-6-10-16)23(20)14-15-7-3-1-4-8-15/h1-13H,14H2/b18-13+,22-21?. The van der Waals surface area contributed by atoms with Crippen LogP contribution >= 0.6 is 11.8 Å². The number of amidine groups is 1. The second kappa shape index (κ2) is 8.15. The molecule has 144 valence electrons. The van der Waals surface area contributed by atoms with Gasteiger partial charge in [-0.05, 0) is 35.5 Å². The highest BCUT2D eigenvalue weighted by molar-refractivity contribution is 8.18. The van der Waals surface area contributed by atoms with Crippen LogP contribution in [0, 0.1) is 10.1 Å². The van der Waals surface area contributed by atoms with Crippen LogP contribution in [0.25, 0.3) is 6.08 Å². The monoisotopic (exact) mass is 405 g/mol. The van der Waals surface area contributed by atoms with Crippen LogP contribution in [-0.4, -0.2) is 20.9 Å². The number of thioether (sulfide) groups is 1. The summed E-state index contributed by atoms with van der Waals surface area (Å²) >= 11 is 1.21. The number of hydrogen-bond acceptors (Lipinski definition) is 6. The van der Waals surface area contributed by atoms with Gasteiger partial charge in [0.2, 0.25) is 0 Å². The van der Waals surface area contributed by atoms with E-state index in [1.807, 2.05) is 60.7 Å². The molecule has 0 radical (unpaired) electrons. The lowest BCUT2D eigenvalue weighted by Gasteiger charge is -2.15. The Bertz CT molecular complexity index is 1110. The van der Waals surface area contributed by atoms with Gasteiger partial charge in [-0.3, -0.25) is 19.8 Å². The molecule has 7 nitrogen and oxygen atoms in total. The molecule has 1 aromatic heterocycles. The molecule has 3 aromatic rings. The van der Waals surface area contributed by atoms with Gasteiger partial charge in [0.25, 0.3) is 5.91 Å². The molecular weight excluding hydrogens is 390 g/mol. The summed E-state index contributed by atoms with van der Waals surface area (Å²) in [7, 11) is 0. The van der Waals surface area contributed by atoms with Crippen molar-refractivity contribution in [3.63, 3.8) is 0 Å². The van der Waals surface area contributed by atoms with Crippen molar-refractivity contribution in [2.75, 3.05) is 0 Å². The lowest BCUT2D eigenvalue weighted by atomic mass is 10.2. The minimum absolute atomic E-state index is 0.229. The maximum atomic E-state index is 13.0. The van der Waals surface area contributed by atoms with Crippen molar-refractivity contribution in [3.05, 3.63) is 99.1 Å². The number of rotatable bonds is 5. The molecule has 1 saturated heterocycles. The van der Waals surface area contributed by atoms with Crippen molar-refractivity contribution in [2.45, 2.75) is 6.54 Å². The van der Waals surface area contributed by atoms with E-state index in [0.29, 0.717) is 16.6 Å². The number of aliphatic imine (C=N–C) groups is 1. The normalized spacial score (nSPS) is 16.7. The lowest BCUT2D eigenvalue weighted by molar-refractivity contribution is -0.402. The van der Waals surface area contributed by atoms with E-state index >= 15 is 0 Å². The average molecular weight is 405 g/mol. The van der Waals surface area contributed by atoms with Crippen LogP contribution < -0.4 is 0 Å². The maximum absolute atomic E-state index is 13.0. The summed E-state index contributed by atoms with van der Waals surface area (Å²) in [4.78, 5) is 29.8. The number of nitro groups is 1. The quantitative estimate of drug-likeness (QED) is 0.339. The van der Waals surface area contributed by atoms with Gasteiger partial charge in [0.05, 0.1) is 23.2 Å². The molecule has 8 heteroatoms. The first-order valence-electron chi connectivity index (χ1n) is 8.73. The zero-order chi connectivity index (χ0) is 20.2. The van der Waals surface area contributed by atoms with Crippen molar-refractivity contribution in [1.82, 2.24) is 4.90 Å². The first-order valence-corrected chi connectivity index (χ1v) is 9.55. The van der Waals surface area contributed by atoms with Crippen molar-refractivity contribution >= 4 is 40.5 Å². The second-order valence-electron chi connectivity index (χ2n) is 6.15. The van der Waals surface area contributed by atoms with Crippen LogP contribution in [0.4, 0.5) is 11.6 Å². The average Bonchev–Trinajstić information content (AvgIpc) is 3.31. The summed E-state index contributed by atoms with van der Waals surface area (Å²) in [6, 6.07) is 21.7. The van der Waals surface area contributed by atoms with Crippen LogP contribution in [0.5, 0.6) is 0 Å². The van der Waals surface area contributed by atoms with E-state index in [9.17, 15) is 14.9 Å². The van der Waals surface area contributed by atoms with Gasteiger partial charge in [-0.1, -0.05) is 48.5 Å². The summed E-state index contributed by atoms with van der Waals surface area (Å²) in [6.07, 6.45) is 1.51. The molecule has 4 rings (SSSR count). The van der Waals surface area contributed by atoms with Gasteiger partial charge in [0, 0.05) is 6.08 Å². The maximum Gasteiger partial charge on any atom is 0.433 e. The summed E-state index contributed by atoms with van der Waals surface area (Å²) < 4.78 is 5.16. The van der Waals surface area contributed by atoms with Gasteiger partial charge < -0.3 is 4.42 Å². The molecule has 1 fully saturated rings. The first kappa shape index (κ1) is 18.7. The van der Waals surface area contributed by atoms with Crippen LogP contribution in [-0.2, 0) is 11.3 Å². The molecule has 1 aliphatic heterocycles. The number of nitrogens with zero attached hydrogens (tertiary/aromatic N) is 3. The van der Waals surface area contributed by atoms with Crippen molar-refractivity contribution in [3.8, 4) is 0 Å². The van der Waals surface area contributed by atoms with Crippen LogP contribution in [0.2, 0.25) is 0 Å². The molecule has 0 atom stereocenters. The molecule has 2 heterocycles. The SMILES string of the molecule is O=C1/C(=C\c2ccc([N+](=O)[O-])o2)SC(=Nc2ccccc2)N1Cc1ccccc1. The highest BCUT2D eigenvalue weighted by Crippen LogP contribution is 2.35. The highest BCUT2D eigenvalue weighted by Gasteiger charge is 2.34. The fraction of sp³-hybridized carbons (Fsp3) is 0.0476. The number of carbonyl (C=O) groups excluding carboxylic acids is 1. The van der Waals surface area contributed by atoms with Gasteiger partial charge in [-0.2, -0.15) is 0 Å². The number of para-hydroxylation sites is 1. The Balaban J connectivity index is 1.68. The number of amides is 1. The minimum Gasteiger partial charge on any atom is -0.401 e. The molecule has 0 aliphatic carbocycles. The van der Waals surface area contributed by atoms with E-state index in [1.54, 1.807) is 4.90 Å². The summed E-state index contributed by atoms with van der Waals surface area (Å²) in [6.45, 7) is 0.369. The third-order valence-electron chi connectivity index (χ3n) is 4.12. The third kappa shape index (κ3) is 4.27. The summed E-state index contributed by atoms with van der Waals surface area (Å²) in [5.41, 5.74) is 1.70. The van der Waals surface area contributed by atoms with Gasteiger partial charge in [0.1, 0.15) is 10.7 Å². The van der Waals surface area contributed by atoms with E-state index in [1.165, 1.54) is 30.0 Å². The Labute approximate surface area is 170 Å². The largest absolute Gasteiger partial charge is 0.433 e. The molecule has 2 aromatic carbocycles. The van der Waals surface area contributed by atoms with E-state index in [2.05, 4.69) is 4.99 Å². The molecule has 0 spiro atoms. The smallest absolute Gasteiger partial charge is 0.401 e. The number of carbonyl (C=O) groups is 1. The van der Waals surface area contributed by atoms with E-state index < -0.39 is 4.92 Å². The molecule has 0 saturated carbocycles. The zero-order valence-electron chi connectivity index (χ0n) is 15.1. The number of furan rings is 1. The first-order chi connectivity index (χ1) is 14.1. The van der Waals surface area contributed by atoms with E-state index in [-0.39, 0.29) is 17.6 Å². The molecular formula is C21H15N3O4S. The van der Waals surface area contributed by atoms with Gasteiger partial charge in [0.15, 0.2) is 5.17 Å². The minimum atomic E-state index is -0.615. The van der Waals surface area contributed by atoms with Gasteiger partial charge >= 0.3 is 5.88 Å². The highest BCUT2D eigenvalue weighted by atomic mass is 32.2. The van der Waals surface area contributed by atoms with Crippen molar-refractivity contribution < 1.29 is 14.1 Å². The number of hydrogen-bond donors (Lipinski definition) is 0. The van der Waals surface area contributed by atoms with Crippen molar-refractivity contribution in [2.24, 2.45) is 4.99 Å². The Morgan fingerprint density at radius 2 is 1.72 bits per heavy atom. The van der Waals surface area contributed by atoms with E-state index in [0.717, 1.165) is 11.3 Å². The Hall–Kier alpha value is -3.65. The molecule has 1 amide bonds. The van der Waals surface area contributed by atoms with Crippen molar-refractivity contribution in [1.29, 1.82) is 0 Å². The second-order valence-corrected chi connectivity index (χ2v) is 7.16. The topological polar surface area (TPSA) is 88.9 Å². The Morgan fingerprint density at radius 3 is 2.38 bits per heavy atom. The van der Waals surface area contributed by atoms with E-state index in [4.69, 9.17) is 4.42 Å². The third-order valence-corrected chi connectivity index (χ3v) is 5.13. The molecule has 29 heavy (non-hydrogen) atoms. The van der Waals surface area contributed by atoms with Crippen LogP contribution in [0.15, 0.2) is 87.1 Å². The zero-order valence-corrected chi connectivity index (χ0v) is 15.9. The predicted molar refractivity (Wildman–Crippen MR) is 111 cm³/mol. The van der Waals surface area contributed by atoms with Gasteiger partial charge in [-0.25, -0.2) is 4.99 Å². The predicted octanol–water partition coefficient (Wildman–Crippen LogP) is 4.99. The Morgan fingerprint density at radius 1 is 1.03 bits per heavy atom. The summed E-state index contributed by atoms with van der Waals surface area (Å²) in [5, 5.41) is 11.4. The summed E-state index contributed by atoms with van der Waals surface area (Å²) in [5.74, 6) is -0.354. The van der Waals surface area contributed by atoms with Crippen LogP contribution in [0.1, 0.15) is 11.3 Å². The van der Waals surface area contributed by atoms with Crippen LogP contribution in [0.3, 0.4) is 0 Å². The molecule has 0 unspecified atom stereocenters. The lowest BCUT2D eigenvalue weighted by Crippen LogP contribution is -2.28. The number of benzene rings is 2. The van der Waals surface area contributed by atoms with Gasteiger partial charge in [-0.15, -0.1) is 0 Å².